The molecule has 0 aliphatic heterocycles. The van der Waals surface area contributed by atoms with Crippen LogP contribution in [-0.2, 0) is 0 Å². The SMILES string of the molecule is Nc1ccccc1OCCNC(=O)c1ccc(Br)c(Cl)c1. The van der Waals surface area contributed by atoms with Gasteiger partial charge >= 0.3 is 0 Å². The second-order valence-corrected chi connectivity index (χ2v) is 5.53. The van der Waals surface area contributed by atoms with E-state index in [1.54, 1.807) is 30.3 Å². The zero-order valence-electron chi connectivity index (χ0n) is 11.1. The lowest BCUT2D eigenvalue weighted by atomic mass is 10.2. The molecule has 110 valence electrons. The minimum absolute atomic E-state index is 0.200. The smallest absolute Gasteiger partial charge is 0.251 e. The van der Waals surface area contributed by atoms with Crippen molar-refractivity contribution in [2.75, 3.05) is 18.9 Å². The number of para-hydroxylation sites is 2. The first-order chi connectivity index (χ1) is 10.1. The van der Waals surface area contributed by atoms with Gasteiger partial charge in [0, 0.05) is 10.0 Å². The van der Waals surface area contributed by atoms with Gasteiger partial charge in [0.25, 0.3) is 5.91 Å². The molecule has 0 bridgehead atoms. The van der Waals surface area contributed by atoms with Crippen molar-refractivity contribution in [3.63, 3.8) is 0 Å². The summed E-state index contributed by atoms with van der Waals surface area (Å²) < 4.78 is 6.25. The third-order valence-electron chi connectivity index (χ3n) is 2.75. The summed E-state index contributed by atoms with van der Waals surface area (Å²) >= 11 is 9.23. The van der Waals surface area contributed by atoms with Crippen LogP contribution in [0.25, 0.3) is 0 Å². The Morgan fingerprint density at radius 2 is 2.05 bits per heavy atom. The number of carbonyl (C=O) groups excluding carboxylic acids is 1. The molecule has 21 heavy (non-hydrogen) atoms. The van der Waals surface area contributed by atoms with E-state index in [2.05, 4.69) is 21.2 Å². The lowest BCUT2D eigenvalue weighted by molar-refractivity contribution is 0.0947. The van der Waals surface area contributed by atoms with E-state index in [0.29, 0.717) is 35.2 Å². The number of nitrogens with one attached hydrogen (secondary N) is 1. The number of hydrogen-bond acceptors (Lipinski definition) is 3. The summed E-state index contributed by atoms with van der Waals surface area (Å²) in [5.74, 6) is 0.410. The number of rotatable bonds is 5. The van der Waals surface area contributed by atoms with Gasteiger partial charge in [-0.25, -0.2) is 0 Å². The summed E-state index contributed by atoms with van der Waals surface area (Å²) in [6, 6.07) is 12.3. The Labute approximate surface area is 136 Å². The minimum Gasteiger partial charge on any atom is -0.490 e. The Bertz CT molecular complexity index is 649. The molecule has 0 saturated heterocycles. The van der Waals surface area contributed by atoms with Gasteiger partial charge in [-0.05, 0) is 46.3 Å². The number of amides is 1. The highest BCUT2D eigenvalue weighted by atomic mass is 79.9. The Kier molecular flexibility index (Phi) is 5.47. The number of nitrogens with two attached hydrogens (primary N) is 1. The van der Waals surface area contributed by atoms with E-state index in [0.717, 1.165) is 4.47 Å². The van der Waals surface area contributed by atoms with Gasteiger partial charge in [-0.15, -0.1) is 0 Å². The number of carbonyl (C=O) groups is 1. The van der Waals surface area contributed by atoms with Crippen molar-refractivity contribution in [2.45, 2.75) is 0 Å². The van der Waals surface area contributed by atoms with Crippen LogP contribution in [0.3, 0.4) is 0 Å². The van der Waals surface area contributed by atoms with E-state index in [4.69, 9.17) is 22.1 Å². The molecule has 2 aromatic rings. The molecule has 4 nitrogen and oxygen atoms in total. The fourth-order valence-corrected chi connectivity index (χ4v) is 2.10. The lowest BCUT2D eigenvalue weighted by Crippen LogP contribution is -2.28. The van der Waals surface area contributed by atoms with Crippen molar-refractivity contribution in [3.05, 3.63) is 57.5 Å². The monoisotopic (exact) mass is 368 g/mol. The van der Waals surface area contributed by atoms with Crippen LogP contribution < -0.4 is 15.8 Å². The molecular formula is C15H14BrClN2O2. The molecule has 0 atom stereocenters. The topological polar surface area (TPSA) is 64.3 Å². The maximum absolute atomic E-state index is 11.9. The van der Waals surface area contributed by atoms with Crippen molar-refractivity contribution < 1.29 is 9.53 Å². The van der Waals surface area contributed by atoms with Crippen LogP contribution in [0.1, 0.15) is 10.4 Å². The minimum atomic E-state index is -0.200. The third kappa shape index (κ3) is 4.37. The van der Waals surface area contributed by atoms with Crippen molar-refractivity contribution in [1.29, 1.82) is 0 Å². The zero-order valence-corrected chi connectivity index (χ0v) is 13.4. The van der Waals surface area contributed by atoms with Crippen molar-refractivity contribution >= 4 is 39.1 Å². The molecule has 0 heterocycles. The van der Waals surface area contributed by atoms with E-state index in [1.807, 2.05) is 12.1 Å². The number of ether oxygens (including phenoxy) is 1. The highest BCUT2D eigenvalue weighted by molar-refractivity contribution is 9.10. The predicted molar refractivity (Wildman–Crippen MR) is 87.8 cm³/mol. The van der Waals surface area contributed by atoms with Crippen molar-refractivity contribution in [1.82, 2.24) is 5.32 Å². The number of hydrogen-bond donors (Lipinski definition) is 2. The van der Waals surface area contributed by atoms with E-state index in [1.165, 1.54) is 0 Å². The Morgan fingerprint density at radius 3 is 2.76 bits per heavy atom. The average molecular weight is 370 g/mol. The van der Waals surface area contributed by atoms with Gasteiger partial charge in [-0.3, -0.25) is 4.79 Å². The van der Waals surface area contributed by atoms with Gasteiger partial charge in [-0.1, -0.05) is 23.7 Å². The first-order valence-electron chi connectivity index (χ1n) is 6.28. The number of benzene rings is 2. The molecular weight excluding hydrogens is 356 g/mol. The van der Waals surface area contributed by atoms with Gasteiger partial charge in [0.2, 0.25) is 0 Å². The van der Waals surface area contributed by atoms with Gasteiger partial charge < -0.3 is 15.8 Å². The molecule has 0 aliphatic carbocycles. The highest BCUT2D eigenvalue weighted by Gasteiger charge is 2.07. The van der Waals surface area contributed by atoms with Gasteiger partial charge in [0.05, 0.1) is 17.3 Å². The largest absolute Gasteiger partial charge is 0.490 e. The lowest BCUT2D eigenvalue weighted by Gasteiger charge is -2.09. The molecule has 2 rings (SSSR count). The van der Waals surface area contributed by atoms with Gasteiger partial charge in [-0.2, -0.15) is 0 Å². The second kappa shape index (κ2) is 7.33. The zero-order chi connectivity index (χ0) is 15.2. The number of halogens is 2. The highest BCUT2D eigenvalue weighted by Crippen LogP contribution is 2.23. The Morgan fingerprint density at radius 1 is 1.29 bits per heavy atom. The molecule has 0 saturated carbocycles. The van der Waals surface area contributed by atoms with E-state index < -0.39 is 0 Å². The molecule has 0 aromatic heterocycles. The van der Waals surface area contributed by atoms with E-state index >= 15 is 0 Å². The van der Waals surface area contributed by atoms with Crippen molar-refractivity contribution in [2.24, 2.45) is 0 Å². The predicted octanol–water partition coefficient (Wildman–Crippen LogP) is 3.49. The first kappa shape index (κ1) is 15.7. The Balaban J connectivity index is 1.82. The summed E-state index contributed by atoms with van der Waals surface area (Å²) in [4.78, 5) is 11.9. The van der Waals surface area contributed by atoms with Gasteiger partial charge in [0.1, 0.15) is 12.4 Å². The Hall–Kier alpha value is -1.72. The van der Waals surface area contributed by atoms with E-state index in [-0.39, 0.29) is 5.91 Å². The van der Waals surface area contributed by atoms with Crippen LogP contribution in [0.2, 0.25) is 5.02 Å². The summed E-state index contributed by atoms with van der Waals surface area (Å²) in [6.45, 7) is 0.713. The molecule has 1 amide bonds. The fraction of sp³-hybridized carbons (Fsp3) is 0.133. The molecule has 0 spiro atoms. The molecule has 6 heteroatoms. The normalized spacial score (nSPS) is 10.2. The maximum atomic E-state index is 11.9. The quantitative estimate of drug-likeness (QED) is 0.626. The molecule has 3 N–H and O–H groups in total. The summed E-state index contributed by atoms with van der Waals surface area (Å²) in [5.41, 5.74) is 6.83. The van der Waals surface area contributed by atoms with Gasteiger partial charge in [0.15, 0.2) is 0 Å². The molecule has 0 aliphatic rings. The number of nitrogen functional groups attached to an aromatic ring is 1. The molecule has 0 fully saturated rings. The number of anilines is 1. The van der Waals surface area contributed by atoms with Crippen LogP contribution in [0.5, 0.6) is 5.75 Å². The molecule has 0 unspecified atom stereocenters. The van der Waals surface area contributed by atoms with Crippen LogP contribution in [0.15, 0.2) is 46.9 Å². The van der Waals surface area contributed by atoms with Crippen LogP contribution in [0.4, 0.5) is 5.69 Å². The van der Waals surface area contributed by atoms with Crippen LogP contribution >= 0.6 is 27.5 Å². The molecule has 0 radical (unpaired) electrons. The van der Waals surface area contributed by atoms with Crippen molar-refractivity contribution in [3.8, 4) is 5.75 Å². The average Bonchev–Trinajstić information content (AvgIpc) is 2.48. The van der Waals surface area contributed by atoms with Crippen LogP contribution in [-0.4, -0.2) is 19.1 Å². The first-order valence-corrected chi connectivity index (χ1v) is 7.45. The molecule has 2 aromatic carbocycles. The summed E-state index contributed by atoms with van der Waals surface area (Å²) in [6.07, 6.45) is 0. The standard InChI is InChI=1S/C15H14BrClN2O2/c16-11-6-5-10(9-12(11)17)15(20)19-7-8-21-14-4-2-1-3-13(14)18/h1-6,9H,7-8,18H2,(H,19,20). The van der Waals surface area contributed by atoms with E-state index in [9.17, 15) is 4.79 Å². The van der Waals surface area contributed by atoms with Crippen LogP contribution in [0, 0.1) is 0 Å². The summed E-state index contributed by atoms with van der Waals surface area (Å²) in [5, 5.41) is 3.25. The second-order valence-electron chi connectivity index (χ2n) is 4.27. The summed E-state index contributed by atoms with van der Waals surface area (Å²) in [7, 11) is 0. The fourth-order valence-electron chi connectivity index (χ4n) is 1.68. The third-order valence-corrected chi connectivity index (χ3v) is 3.98. The maximum Gasteiger partial charge on any atom is 0.251 e.